The van der Waals surface area contributed by atoms with Gasteiger partial charge in [-0.15, -0.1) is 0 Å². The molecular weight excluding hydrogens is 919 g/mol. The van der Waals surface area contributed by atoms with Crippen LogP contribution in [0, 0.1) is 44.6 Å². The van der Waals surface area contributed by atoms with Gasteiger partial charge in [-0.1, -0.05) is 72.6 Å². The maximum absolute atomic E-state index is 12.2. The minimum Gasteiger partial charge on any atom is -0.0860 e. The number of hydrogen-bond acceptors (Lipinski definition) is 4. The zero-order valence-corrected chi connectivity index (χ0v) is 41.0. The number of aliphatic hydroxyl groups excluding tert-OH is 1. The van der Waals surface area contributed by atoms with Crippen molar-refractivity contribution in [2.75, 3.05) is 0 Å². The first-order valence-corrected chi connectivity index (χ1v) is 27.8. The number of nitrogens with zero attached hydrogens (tertiary/aromatic N) is 1. The molecule has 0 aliphatic heterocycles. The van der Waals surface area contributed by atoms with E-state index in [1.54, 1.807) is 4.40 Å². The van der Waals surface area contributed by atoms with E-state index in [2.05, 4.69) is 107 Å². The van der Waals surface area contributed by atoms with Gasteiger partial charge in [0.2, 0.25) is 0 Å². The van der Waals surface area contributed by atoms with Gasteiger partial charge in [0, 0.05) is 37.0 Å². The molecule has 2 heterocycles. The van der Waals surface area contributed by atoms with Crippen molar-refractivity contribution in [2.24, 2.45) is 10.8 Å². The Bertz CT molecular complexity index is 2140. The molecule has 3 aromatic carbocycles. The molecule has 0 fully saturated rings. The second-order valence-corrected chi connectivity index (χ2v) is 28.7. The van der Waals surface area contributed by atoms with Gasteiger partial charge in [0.15, 0.2) is 5.78 Å². The van der Waals surface area contributed by atoms with Crippen LogP contribution in [0.25, 0.3) is 42.6 Å². The van der Waals surface area contributed by atoms with E-state index in [1.165, 1.54) is 65.2 Å². The van der Waals surface area contributed by atoms with Crippen LogP contribution in [-0.2, 0) is 24.9 Å². The fourth-order valence-corrected chi connectivity index (χ4v) is 10.8. The number of fused-ring (bicyclic) bond motifs is 2. The van der Waals surface area contributed by atoms with E-state index in [9.17, 15) is 9.90 Å². The third-order valence-electron chi connectivity index (χ3n) is 12.2. The first-order chi connectivity index (χ1) is 24.7. The summed E-state index contributed by atoms with van der Waals surface area (Å²) in [5.74, 6) is 8.10. The van der Waals surface area contributed by atoms with Crippen molar-refractivity contribution >= 4 is 55.6 Å². The molecule has 0 unspecified atom stereocenters. The number of carbonyl (C=O) groups is 1. The molecule has 5 rings (SSSR count). The molecule has 6 heteroatoms. The summed E-state index contributed by atoms with van der Waals surface area (Å²) in [5.41, 5.74) is 9.64. The summed E-state index contributed by atoms with van der Waals surface area (Å²) in [4.78, 5) is 18.5. The summed E-state index contributed by atoms with van der Waals surface area (Å²) in [5, 5.41) is 13.9. The average Bonchev–Trinajstić information content (AvgIpc) is 3.46. The van der Waals surface area contributed by atoms with E-state index in [0.717, 1.165) is 36.9 Å². The molecule has 5 aromatic rings. The van der Waals surface area contributed by atoms with Crippen molar-refractivity contribution in [3.8, 4) is 21.7 Å². The van der Waals surface area contributed by atoms with E-state index in [0.29, 0.717) is 5.92 Å². The molecule has 293 valence electrons. The Kier molecular flexibility index (Phi) is 15.4. The molecule has 0 atom stereocenters. The number of aliphatic hydroxyl groups is 1. The molecule has 2 aromatic heterocycles. The first kappa shape index (κ1) is 45.8. The van der Waals surface area contributed by atoms with E-state index in [4.69, 9.17) is 4.98 Å². The van der Waals surface area contributed by atoms with Crippen LogP contribution in [0.4, 0.5) is 0 Å². The molecule has 0 saturated carbocycles. The molecule has 0 aliphatic carbocycles. The van der Waals surface area contributed by atoms with Gasteiger partial charge in [-0.25, -0.2) is 0 Å². The van der Waals surface area contributed by atoms with Crippen LogP contribution in [0.3, 0.4) is 0 Å². The Hall–Kier alpha value is -2.57. The molecule has 0 aliphatic rings. The van der Waals surface area contributed by atoms with Gasteiger partial charge in [0.25, 0.3) is 0 Å². The Balaban J connectivity index is 0.000000372. The van der Waals surface area contributed by atoms with Crippen molar-refractivity contribution in [1.82, 2.24) is 4.98 Å². The van der Waals surface area contributed by atoms with E-state index < -0.39 is 13.3 Å². The number of benzene rings is 3. The third-order valence-corrected chi connectivity index (χ3v) is 17.8. The van der Waals surface area contributed by atoms with Crippen LogP contribution in [0.2, 0.25) is 17.3 Å². The number of aromatic nitrogens is 1. The van der Waals surface area contributed by atoms with Crippen molar-refractivity contribution in [2.45, 2.75) is 132 Å². The quantitative estimate of drug-likeness (QED) is 0.0621. The fraction of sp³-hybridized carbons (Fsp3) is 0.458. The number of aryl methyl sites for hydroxylation is 4. The molecular formula is C48H64GeIrNO2S-. The minimum atomic E-state index is -1.86. The molecule has 0 bridgehead atoms. The van der Waals surface area contributed by atoms with Crippen LogP contribution >= 0.6 is 11.3 Å². The number of pyridine rings is 1. The van der Waals surface area contributed by atoms with E-state index in [1.807, 2.05) is 59.1 Å². The molecule has 1 radical (unpaired) electrons. The van der Waals surface area contributed by atoms with Crippen LogP contribution in [0.15, 0.2) is 60.5 Å². The number of rotatable bonds is 11. The Morgan fingerprint density at radius 1 is 0.852 bits per heavy atom. The van der Waals surface area contributed by atoms with Gasteiger partial charge in [0.05, 0.1) is 0 Å². The van der Waals surface area contributed by atoms with E-state index >= 15 is 0 Å². The number of carbonyl (C=O) groups excluding carboxylic acids is 1. The van der Waals surface area contributed by atoms with Gasteiger partial charge in [-0.2, -0.15) is 0 Å². The maximum atomic E-state index is 12.2. The van der Waals surface area contributed by atoms with Crippen LogP contribution < -0.4 is 4.40 Å². The van der Waals surface area contributed by atoms with Crippen molar-refractivity contribution in [3.63, 3.8) is 0 Å². The van der Waals surface area contributed by atoms with Crippen molar-refractivity contribution in [1.29, 1.82) is 0 Å². The third kappa shape index (κ3) is 9.51. The van der Waals surface area contributed by atoms with Crippen LogP contribution in [-0.4, -0.2) is 29.1 Å². The Morgan fingerprint density at radius 2 is 1.44 bits per heavy atom. The Labute approximate surface area is 347 Å². The summed E-state index contributed by atoms with van der Waals surface area (Å²) < 4.78 is 2.82. The number of hydrogen-bond donors (Lipinski definition) is 1. The van der Waals surface area contributed by atoms with Crippen LogP contribution in [0.5, 0.6) is 0 Å². The van der Waals surface area contributed by atoms with Gasteiger partial charge >= 0.3 is 179 Å². The summed E-state index contributed by atoms with van der Waals surface area (Å²) in [6, 6.07) is 20.1. The minimum absolute atomic E-state index is 0. The predicted molar refractivity (Wildman–Crippen MR) is 236 cm³/mol. The van der Waals surface area contributed by atoms with Gasteiger partial charge in [-0.3, -0.25) is 4.79 Å². The monoisotopic (exact) mass is 985 g/mol. The zero-order chi connectivity index (χ0) is 39.6. The van der Waals surface area contributed by atoms with Gasteiger partial charge in [0.1, 0.15) is 5.76 Å². The smallest absolute Gasteiger partial charge is 0.0860 e. The molecule has 0 amide bonds. The Morgan fingerprint density at radius 3 is 1.98 bits per heavy atom. The molecule has 0 saturated heterocycles. The van der Waals surface area contributed by atoms with Crippen molar-refractivity contribution in [3.05, 3.63) is 94.4 Å². The number of allylic oxidation sites excluding steroid dienone is 2. The van der Waals surface area contributed by atoms with Gasteiger partial charge < -0.3 is 5.11 Å². The summed E-state index contributed by atoms with van der Waals surface area (Å²) >= 11 is 0.0203. The number of thiophene rings is 1. The molecule has 1 N–H and O–H groups in total. The van der Waals surface area contributed by atoms with E-state index in [-0.39, 0.29) is 42.5 Å². The SMILES string of the molecule is CCC(C)(CC)C(=O)/C=C(\O)C(C)(CC)CC.Cc1cc2[c-]c(-c3nccc4c(C)c(-c5cc[c]([Ge]([CH3])([CH3])[CH3])cc5C)sc34)cc(C(C)C)c2cc1C.[Ir]. The second-order valence-electron chi connectivity index (χ2n) is 17.1. The zero-order valence-electron chi connectivity index (χ0n) is 35.6. The fourth-order valence-electron chi connectivity index (χ4n) is 6.84. The molecule has 54 heavy (non-hydrogen) atoms. The molecule has 0 spiro atoms. The second kappa shape index (κ2) is 18.1. The van der Waals surface area contributed by atoms with Crippen LogP contribution in [0.1, 0.15) is 115 Å². The standard InChI is InChI=1S/C33H36GeNS.C15H28O2.Ir/c1-19(2)29-18-25(17-24-14-20(3)21(4)16-30(24)29)31-33-28(12-13-35-31)23(6)32(36-33)27-11-10-26(15-22(27)5)34(7,8)9;1-7-14(5,8-2)12(16)11-13(17)15(6,9-3)10-4;/h10-16,18-19H,1-9H3;11,16H,7-10H2,1-6H3;/q-1;;/b;12-11-;. The normalized spacial score (nSPS) is 12.6. The predicted octanol–water partition coefficient (Wildman–Crippen LogP) is 14.1. The van der Waals surface area contributed by atoms with Gasteiger partial charge in [-0.05, 0) is 39.5 Å². The summed E-state index contributed by atoms with van der Waals surface area (Å²) in [6.07, 6.45) is 6.72. The molecule has 3 nitrogen and oxygen atoms in total. The average molecular weight is 984 g/mol. The number of ketones is 1. The topological polar surface area (TPSA) is 50.2 Å². The summed E-state index contributed by atoms with van der Waals surface area (Å²) in [6.45, 7) is 25.6. The van der Waals surface area contributed by atoms with Crippen molar-refractivity contribution < 1.29 is 30.0 Å². The first-order valence-electron chi connectivity index (χ1n) is 19.7. The summed E-state index contributed by atoms with van der Waals surface area (Å²) in [7, 11) is 0.